The molecule has 140 valence electrons. The molecule has 4 rings (SSSR count). The zero-order chi connectivity index (χ0) is 19.2. The zero-order valence-corrected chi connectivity index (χ0v) is 15.9. The first kappa shape index (κ1) is 18.1. The van der Waals surface area contributed by atoms with E-state index in [1.54, 1.807) is 0 Å². The fourth-order valence-electron chi connectivity index (χ4n) is 3.48. The molecule has 1 aromatic heterocycles. The first-order valence-corrected chi connectivity index (χ1v) is 9.45. The Balaban J connectivity index is 1.53. The highest BCUT2D eigenvalue weighted by Crippen LogP contribution is 2.28. The fourth-order valence-corrected chi connectivity index (χ4v) is 3.48. The summed E-state index contributed by atoms with van der Waals surface area (Å²) >= 11 is 0. The van der Waals surface area contributed by atoms with E-state index in [0.29, 0.717) is 24.7 Å². The van der Waals surface area contributed by atoms with Crippen LogP contribution in [0.5, 0.6) is 0 Å². The molecule has 0 atom stereocenters. The molecule has 0 aliphatic carbocycles. The average molecular weight is 369 g/mol. The van der Waals surface area contributed by atoms with Gasteiger partial charge in [0.15, 0.2) is 5.82 Å². The number of aromatic nitrogens is 2. The normalized spacial score (nSPS) is 11.2. The highest BCUT2D eigenvalue weighted by molar-refractivity contribution is 5.31. The molecule has 0 fully saturated rings. The minimum Gasteiger partial charge on any atom is -0.338 e. The fraction of sp³-hybridized carbons (Fsp3) is 0.167. The van der Waals surface area contributed by atoms with Crippen molar-refractivity contribution in [2.45, 2.75) is 19.0 Å². The molecule has 0 spiro atoms. The van der Waals surface area contributed by atoms with Gasteiger partial charge in [0.2, 0.25) is 5.89 Å². The molecular weight excluding hydrogens is 346 g/mol. The molecule has 28 heavy (non-hydrogen) atoms. The van der Waals surface area contributed by atoms with E-state index in [-0.39, 0.29) is 6.04 Å². The maximum Gasteiger partial charge on any atom is 0.240 e. The van der Waals surface area contributed by atoms with Gasteiger partial charge in [-0.2, -0.15) is 4.98 Å². The van der Waals surface area contributed by atoms with E-state index in [1.165, 1.54) is 16.7 Å². The summed E-state index contributed by atoms with van der Waals surface area (Å²) in [6.45, 7) is 0.580. The van der Waals surface area contributed by atoms with Crippen molar-refractivity contribution in [1.29, 1.82) is 0 Å². The van der Waals surface area contributed by atoms with Gasteiger partial charge in [-0.3, -0.25) is 4.90 Å². The van der Waals surface area contributed by atoms with Gasteiger partial charge < -0.3 is 4.52 Å². The average Bonchev–Trinajstić information content (AvgIpc) is 3.17. The smallest absolute Gasteiger partial charge is 0.240 e. The van der Waals surface area contributed by atoms with Crippen molar-refractivity contribution in [3.05, 3.63) is 119 Å². The Morgan fingerprint density at radius 2 is 1.32 bits per heavy atom. The van der Waals surface area contributed by atoms with Crippen LogP contribution >= 0.6 is 0 Å². The van der Waals surface area contributed by atoms with E-state index in [4.69, 9.17) is 4.52 Å². The molecule has 0 radical (unpaired) electrons. The van der Waals surface area contributed by atoms with Gasteiger partial charge in [0, 0.05) is 6.42 Å². The molecule has 0 unspecified atom stereocenters. The second kappa shape index (κ2) is 8.63. The van der Waals surface area contributed by atoms with Gasteiger partial charge in [-0.25, -0.2) is 0 Å². The van der Waals surface area contributed by atoms with Gasteiger partial charge in [0.25, 0.3) is 0 Å². The van der Waals surface area contributed by atoms with E-state index in [9.17, 15) is 0 Å². The molecule has 0 saturated heterocycles. The van der Waals surface area contributed by atoms with Crippen LogP contribution in [0, 0.1) is 0 Å². The van der Waals surface area contributed by atoms with Crippen LogP contribution in [-0.4, -0.2) is 22.1 Å². The Labute approximate surface area is 165 Å². The van der Waals surface area contributed by atoms with Gasteiger partial charge in [0.05, 0.1) is 12.6 Å². The molecule has 0 aliphatic heterocycles. The van der Waals surface area contributed by atoms with Gasteiger partial charge >= 0.3 is 0 Å². The van der Waals surface area contributed by atoms with Crippen LogP contribution in [0.4, 0.5) is 0 Å². The minimum atomic E-state index is 0.117. The second-order valence-electron chi connectivity index (χ2n) is 6.91. The van der Waals surface area contributed by atoms with Crippen molar-refractivity contribution in [2.75, 3.05) is 7.05 Å². The van der Waals surface area contributed by atoms with Crippen molar-refractivity contribution < 1.29 is 4.52 Å². The molecule has 4 aromatic rings. The van der Waals surface area contributed by atoms with Crippen LogP contribution in [0.2, 0.25) is 0 Å². The zero-order valence-electron chi connectivity index (χ0n) is 15.9. The molecule has 0 bridgehead atoms. The van der Waals surface area contributed by atoms with Crippen molar-refractivity contribution in [1.82, 2.24) is 15.0 Å². The lowest BCUT2D eigenvalue weighted by atomic mass is 9.97. The van der Waals surface area contributed by atoms with Gasteiger partial charge in [-0.15, -0.1) is 0 Å². The third kappa shape index (κ3) is 4.35. The summed E-state index contributed by atoms with van der Waals surface area (Å²) in [6, 6.07) is 31.3. The van der Waals surface area contributed by atoms with Crippen molar-refractivity contribution in [2.24, 2.45) is 0 Å². The number of rotatable bonds is 7. The Morgan fingerprint density at radius 1 is 0.786 bits per heavy atom. The molecule has 0 N–H and O–H groups in total. The largest absolute Gasteiger partial charge is 0.338 e. The Hall–Kier alpha value is -3.24. The van der Waals surface area contributed by atoms with Crippen molar-refractivity contribution >= 4 is 0 Å². The van der Waals surface area contributed by atoms with Crippen LogP contribution in [-0.2, 0) is 13.0 Å². The predicted octanol–water partition coefficient (Wildman–Crippen LogP) is 4.88. The van der Waals surface area contributed by atoms with Crippen molar-refractivity contribution in [3.63, 3.8) is 0 Å². The third-order valence-corrected chi connectivity index (χ3v) is 4.77. The van der Waals surface area contributed by atoms with E-state index in [0.717, 1.165) is 0 Å². The number of hydrogen-bond acceptors (Lipinski definition) is 4. The lowest BCUT2D eigenvalue weighted by molar-refractivity contribution is 0.229. The summed E-state index contributed by atoms with van der Waals surface area (Å²) in [5, 5.41) is 4.16. The lowest BCUT2D eigenvalue weighted by Gasteiger charge is -2.27. The van der Waals surface area contributed by atoms with Crippen LogP contribution in [0.3, 0.4) is 0 Å². The van der Waals surface area contributed by atoms with Crippen LogP contribution in [0.1, 0.15) is 34.4 Å². The number of nitrogens with zero attached hydrogens (tertiary/aromatic N) is 3. The Morgan fingerprint density at radius 3 is 1.89 bits per heavy atom. The summed E-state index contributed by atoms with van der Waals surface area (Å²) in [7, 11) is 2.09. The van der Waals surface area contributed by atoms with Gasteiger partial charge in [0.1, 0.15) is 0 Å². The highest BCUT2D eigenvalue weighted by atomic mass is 16.5. The first-order valence-electron chi connectivity index (χ1n) is 9.45. The minimum absolute atomic E-state index is 0.117. The molecule has 1 heterocycles. The van der Waals surface area contributed by atoms with E-state index >= 15 is 0 Å². The highest BCUT2D eigenvalue weighted by Gasteiger charge is 2.21. The molecule has 0 saturated carbocycles. The summed E-state index contributed by atoms with van der Waals surface area (Å²) in [6.07, 6.45) is 0.675. The molecule has 0 aliphatic rings. The van der Waals surface area contributed by atoms with E-state index in [1.807, 2.05) is 30.3 Å². The summed E-state index contributed by atoms with van der Waals surface area (Å²) < 4.78 is 5.53. The summed E-state index contributed by atoms with van der Waals surface area (Å²) in [5.41, 5.74) is 3.65. The van der Waals surface area contributed by atoms with Crippen LogP contribution < -0.4 is 0 Å². The third-order valence-electron chi connectivity index (χ3n) is 4.77. The maximum atomic E-state index is 5.53. The first-order chi connectivity index (χ1) is 13.8. The Bertz CT molecular complexity index is 945. The van der Waals surface area contributed by atoms with E-state index < -0.39 is 0 Å². The topological polar surface area (TPSA) is 42.2 Å². The lowest BCUT2D eigenvalue weighted by Crippen LogP contribution is -2.25. The molecule has 4 heteroatoms. The Kier molecular flexibility index (Phi) is 5.59. The molecular formula is C24H23N3O. The molecule has 3 aromatic carbocycles. The SMILES string of the molecule is CN(Cc1nc(Cc2ccccc2)no1)C(c1ccccc1)c1ccccc1. The standard InChI is InChI=1S/C24H23N3O/c1-27(18-23-25-22(26-28-23)17-19-11-5-2-6-12-19)24(20-13-7-3-8-14-20)21-15-9-4-10-16-21/h2-16,24H,17-18H2,1H3. The maximum absolute atomic E-state index is 5.53. The van der Waals surface area contributed by atoms with Gasteiger partial charge in [-0.1, -0.05) is 96.2 Å². The second-order valence-corrected chi connectivity index (χ2v) is 6.91. The molecule has 0 amide bonds. The summed E-state index contributed by atoms with van der Waals surface area (Å²) in [4.78, 5) is 6.84. The summed E-state index contributed by atoms with van der Waals surface area (Å²) in [5.74, 6) is 1.34. The number of hydrogen-bond donors (Lipinski definition) is 0. The monoisotopic (exact) mass is 369 g/mol. The van der Waals surface area contributed by atoms with Crippen LogP contribution in [0.15, 0.2) is 95.5 Å². The van der Waals surface area contributed by atoms with Gasteiger partial charge in [-0.05, 0) is 23.7 Å². The number of benzene rings is 3. The van der Waals surface area contributed by atoms with E-state index in [2.05, 4.69) is 82.8 Å². The van der Waals surface area contributed by atoms with Crippen LogP contribution in [0.25, 0.3) is 0 Å². The van der Waals surface area contributed by atoms with Crippen molar-refractivity contribution in [3.8, 4) is 0 Å². The quantitative estimate of drug-likeness (QED) is 0.465. The predicted molar refractivity (Wildman–Crippen MR) is 110 cm³/mol. The molecule has 4 nitrogen and oxygen atoms in total.